The van der Waals surface area contributed by atoms with Gasteiger partial charge in [-0.15, -0.1) is 0 Å². The molecule has 2 aliphatic heterocycles. The van der Waals surface area contributed by atoms with Gasteiger partial charge in [0.1, 0.15) is 6.17 Å². The highest BCUT2D eigenvalue weighted by Crippen LogP contribution is 2.45. The molecule has 1 amide bonds. The molecule has 1 aromatic heterocycles. The molecule has 10 heteroatoms. The van der Waals surface area contributed by atoms with Gasteiger partial charge in [-0.3, -0.25) is 9.69 Å². The maximum atomic E-state index is 15.3. The van der Waals surface area contributed by atoms with Crippen LogP contribution in [-0.2, 0) is 10.2 Å². The van der Waals surface area contributed by atoms with E-state index in [1.807, 2.05) is 6.92 Å². The quantitative estimate of drug-likeness (QED) is 0.474. The summed E-state index contributed by atoms with van der Waals surface area (Å²) in [6.45, 7) is 11.0. The largest absolute Gasteiger partial charge is 0.343 e. The Labute approximate surface area is 224 Å². The molecule has 4 fully saturated rings. The Hall–Kier alpha value is -1.68. The van der Waals surface area contributed by atoms with Gasteiger partial charge in [0.25, 0.3) is 5.92 Å². The zero-order valence-corrected chi connectivity index (χ0v) is 23.2. The zero-order valence-electron chi connectivity index (χ0n) is 23.2. The minimum absolute atomic E-state index is 0.101. The summed E-state index contributed by atoms with van der Waals surface area (Å²) in [5, 5.41) is 4.11. The second-order valence-electron chi connectivity index (χ2n) is 12.3. The first-order valence-electron chi connectivity index (χ1n) is 14.8. The van der Waals surface area contributed by atoms with E-state index < -0.39 is 18.0 Å². The van der Waals surface area contributed by atoms with Crippen LogP contribution in [0, 0.1) is 5.92 Å². The third kappa shape index (κ3) is 5.62. The van der Waals surface area contributed by atoms with Gasteiger partial charge >= 0.3 is 0 Å². The number of rotatable bonds is 8. The van der Waals surface area contributed by atoms with Crippen LogP contribution in [0.15, 0.2) is 4.52 Å². The molecule has 1 aromatic rings. The Bertz CT molecular complexity index is 954. The molecule has 2 saturated carbocycles. The van der Waals surface area contributed by atoms with E-state index in [9.17, 15) is 9.18 Å². The number of hydrogen-bond acceptors (Lipinski definition) is 6. The van der Waals surface area contributed by atoms with Crippen molar-refractivity contribution in [2.75, 3.05) is 39.3 Å². The Morgan fingerprint density at radius 3 is 2.34 bits per heavy atom. The smallest absolute Gasteiger partial charge is 0.252 e. The summed E-state index contributed by atoms with van der Waals surface area (Å²) in [5.41, 5.74) is -0.369. The summed E-state index contributed by atoms with van der Waals surface area (Å²) in [7, 11) is 0. The molecule has 0 N–H and O–H groups in total. The highest BCUT2D eigenvalue weighted by atomic mass is 19.3. The molecule has 0 spiro atoms. The summed E-state index contributed by atoms with van der Waals surface area (Å²) in [6, 6.07) is 0.279. The normalized spacial score (nSPS) is 32.0. The van der Waals surface area contributed by atoms with Crippen molar-refractivity contribution in [2.45, 2.75) is 114 Å². The van der Waals surface area contributed by atoms with E-state index in [0.717, 1.165) is 45.4 Å². The third-order valence-corrected chi connectivity index (χ3v) is 9.94. The van der Waals surface area contributed by atoms with Crippen molar-refractivity contribution in [3.05, 3.63) is 11.7 Å². The molecule has 0 aromatic carbocycles. The van der Waals surface area contributed by atoms with Gasteiger partial charge in [-0.1, -0.05) is 25.9 Å². The van der Waals surface area contributed by atoms with Crippen molar-refractivity contribution < 1.29 is 22.5 Å². The Morgan fingerprint density at radius 1 is 1.08 bits per heavy atom. The maximum Gasteiger partial charge on any atom is 0.252 e. The van der Waals surface area contributed by atoms with Crippen LogP contribution in [0.1, 0.15) is 96.2 Å². The maximum absolute atomic E-state index is 15.3. The molecule has 7 nitrogen and oxygen atoms in total. The number of hydrogen-bond donors (Lipinski definition) is 0. The van der Waals surface area contributed by atoms with Gasteiger partial charge < -0.3 is 14.3 Å². The van der Waals surface area contributed by atoms with E-state index in [-0.39, 0.29) is 36.1 Å². The molecule has 2 saturated heterocycles. The number of aromatic nitrogens is 2. The first-order chi connectivity index (χ1) is 18.1. The van der Waals surface area contributed by atoms with Gasteiger partial charge in [-0.25, -0.2) is 13.2 Å². The minimum Gasteiger partial charge on any atom is -0.343 e. The fourth-order valence-electron chi connectivity index (χ4n) is 7.10. The SMILES string of the molecule is CCN(CC)C1CCN([C@H]2CCCC(F)(F)[C@@H]2CC(=O)N2CCC(C)(c3noc([C@@H]4C[C@@H]4F)n3)CC2)CC1. The van der Waals surface area contributed by atoms with Gasteiger partial charge in [0, 0.05) is 49.3 Å². The monoisotopic (exact) mass is 539 g/mol. The van der Waals surface area contributed by atoms with Gasteiger partial charge in [0.15, 0.2) is 5.82 Å². The number of carbonyl (C=O) groups excluding carboxylic acids is 1. The Balaban J connectivity index is 1.19. The molecule has 3 heterocycles. The van der Waals surface area contributed by atoms with E-state index in [1.165, 1.54) is 0 Å². The van der Waals surface area contributed by atoms with Crippen molar-refractivity contribution in [3.8, 4) is 0 Å². The van der Waals surface area contributed by atoms with E-state index in [1.54, 1.807) is 4.90 Å². The van der Waals surface area contributed by atoms with E-state index in [0.29, 0.717) is 56.5 Å². The van der Waals surface area contributed by atoms with Crippen LogP contribution >= 0.6 is 0 Å². The number of alkyl halides is 3. The molecule has 214 valence electrons. The predicted molar refractivity (Wildman–Crippen MR) is 138 cm³/mol. The van der Waals surface area contributed by atoms with Crippen LogP contribution in [0.5, 0.6) is 0 Å². The molecule has 4 aliphatic rings. The van der Waals surface area contributed by atoms with Crippen LogP contribution in [0.3, 0.4) is 0 Å². The van der Waals surface area contributed by atoms with Gasteiger partial charge in [-0.2, -0.15) is 4.98 Å². The third-order valence-electron chi connectivity index (χ3n) is 9.94. The van der Waals surface area contributed by atoms with E-state index in [2.05, 4.69) is 33.8 Å². The number of carbonyl (C=O) groups is 1. The van der Waals surface area contributed by atoms with Crippen molar-refractivity contribution in [3.63, 3.8) is 0 Å². The average molecular weight is 540 g/mol. The van der Waals surface area contributed by atoms with Crippen LogP contribution in [0.25, 0.3) is 0 Å². The molecule has 38 heavy (non-hydrogen) atoms. The van der Waals surface area contributed by atoms with Crippen LogP contribution in [-0.4, -0.2) is 94.2 Å². The van der Waals surface area contributed by atoms with Crippen LogP contribution in [0.2, 0.25) is 0 Å². The molecule has 0 unspecified atom stereocenters. The molecular weight excluding hydrogens is 495 g/mol. The Kier molecular flexibility index (Phi) is 8.11. The average Bonchev–Trinajstić information content (AvgIpc) is 3.42. The lowest BCUT2D eigenvalue weighted by Gasteiger charge is -2.47. The fraction of sp³-hybridized carbons (Fsp3) is 0.893. The molecule has 4 atom stereocenters. The van der Waals surface area contributed by atoms with Crippen molar-refractivity contribution in [2.24, 2.45) is 5.92 Å². The van der Waals surface area contributed by atoms with Gasteiger partial charge in [0.05, 0.1) is 5.92 Å². The Morgan fingerprint density at radius 2 is 1.74 bits per heavy atom. The number of amides is 1. The first-order valence-corrected chi connectivity index (χ1v) is 14.8. The fourth-order valence-corrected chi connectivity index (χ4v) is 7.10. The highest BCUT2D eigenvalue weighted by Gasteiger charge is 2.51. The lowest BCUT2D eigenvalue weighted by Crippen LogP contribution is -2.56. The zero-order chi connectivity index (χ0) is 27.1. The van der Waals surface area contributed by atoms with E-state index in [4.69, 9.17) is 4.52 Å². The summed E-state index contributed by atoms with van der Waals surface area (Å²) in [4.78, 5) is 24.3. The lowest BCUT2D eigenvalue weighted by molar-refractivity contribution is -0.151. The molecule has 0 bridgehead atoms. The summed E-state index contributed by atoms with van der Waals surface area (Å²) >= 11 is 0. The second kappa shape index (κ2) is 11.1. The first kappa shape index (κ1) is 27.9. The van der Waals surface area contributed by atoms with Gasteiger partial charge in [-0.05, 0) is 71.1 Å². The van der Waals surface area contributed by atoms with E-state index >= 15 is 8.78 Å². The minimum atomic E-state index is -2.82. The van der Waals surface area contributed by atoms with Crippen LogP contribution < -0.4 is 0 Å². The lowest BCUT2D eigenvalue weighted by atomic mass is 9.76. The number of nitrogens with zero attached hydrogens (tertiary/aromatic N) is 5. The summed E-state index contributed by atoms with van der Waals surface area (Å²) in [5.74, 6) is -3.29. The van der Waals surface area contributed by atoms with Crippen molar-refractivity contribution >= 4 is 5.91 Å². The summed E-state index contributed by atoms with van der Waals surface area (Å²) < 4.78 is 49.3. The van der Waals surface area contributed by atoms with Crippen LogP contribution in [0.4, 0.5) is 13.2 Å². The number of likely N-dealkylation sites (tertiary alicyclic amines) is 2. The second-order valence-corrected chi connectivity index (χ2v) is 12.3. The highest BCUT2D eigenvalue weighted by molar-refractivity contribution is 5.76. The van der Waals surface area contributed by atoms with Gasteiger partial charge in [0.2, 0.25) is 11.8 Å². The van der Waals surface area contributed by atoms with Crippen molar-refractivity contribution in [1.82, 2.24) is 24.8 Å². The number of halogens is 3. The standard InChI is InChI=1S/C28H44F3N5O2/c1-4-34(5-2)19-8-13-35(14-9-19)23-7-6-10-28(30,31)21(23)18-24(37)36-15-11-27(3,12-16-36)26-32-25(38-33-26)20-17-22(20)29/h19-23H,4-18H2,1-3H3/t20-,21-,22+,23+/m1/s1. The molecular formula is C28H44F3N5O2. The summed E-state index contributed by atoms with van der Waals surface area (Å²) in [6.07, 6.45) is 3.81. The molecule has 2 aliphatic carbocycles. The molecule has 0 radical (unpaired) electrons. The topological polar surface area (TPSA) is 65.7 Å². The number of piperidine rings is 2. The van der Waals surface area contributed by atoms with Crippen molar-refractivity contribution in [1.29, 1.82) is 0 Å². The molecule has 5 rings (SSSR count). The predicted octanol–water partition coefficient (Wildman–Crippen LogP) is 4.78.